The van der Waals surface area contributed by atoms with Crippen LogP contribution in [-0.2, 0) is 47.4 Å². The van der Waals surface area contributed by atoms with Crippen molar-refractivity contribution in [1.82, 2.24) is 5.32 Å². The molecule has 10 unspecified atom stereocenters. The summed E-state index contributed by atoms with van der Waals surface area (Å²) in [7, 11) is 0. The van der Waals surface area contributed by atoms with Gasteiger partial charge in [0.2, 0.25) is 0 Å². The third kappa shape index (κ3) is 9.34. The van der Waals surface area contributed by atoms with Gasteiger partial charge in [0, 0.05) is 23.3 Å². The standard InChI is InChI=1S/C41H62Cl3NO10/c1-18-20(3)34(39(50-26(18)9)55-35-21(4)19(2)25(8)49-38(35)52-32-22(5)27(10)48-28(11)23(32)6)54-37-31(45-40(46)41(42,43)44)24(7)33-30(51-37)17-47-36(53-33)29-15-13-12-14-16-29/h12-16,18-28,30-39H,17H2,1-11H3,(H,45,46)/t18-,19-,20+,21+,22+,23?,24-,25?,26?,27?,28+,30?,31?,32?,33+,34?,35?,36?,37+,38+,39+/m1/s1. The van der Waals surface area contributed by atoms with E-state index < -0.39 is 65.3 Å². The second-order valence-electron chi connectivity index (χ2n) is 17.0. The molecule has 0 aromatic heterocycles. The number of hydrogen-bond acceptors (Lipinski definition) is 10. The highest BCUT2D eigenvalue weighted by atomic mass is 35.6. The lowest BCUT2D eigenvalue weighted by atomic mass is 9.81. The first kappa shape index (κ1) is 43.8. The summed E-state index contributed by atoms with van der Waals surface area (Å²) in [5.41, 5.74) is 0.876. The minimum atomic E-state index is -2.21. The number of hydrogen-bond donors (Lipinski definition) is 1. The molecule has 14 heteroatoms. The normalized spacial score (nSPS) is 48.1. The Balaban J connectivity index is 1.27. The summed E-state index contributed by atoms with van der Waals surface area (Å²) in [5, 5.41) is 2.92. The van der Waals surface area contributed by atoms with Crippen molar-refractivity contribution < 1.29 is 47.4 Å². The highest BCUT2D eigenvalue weighted by Gasteiger charge is 2.54. The molecule has 312 valence electrons. The van der Waals surface area contributed by atoms with Gasteiger partial charge in [-0.2, -0.15) is 0 Å². The Kier molecular flexibility index (Phi) is 14.2. The van der Waals surface area contributed by atoms with Gasteiger partial charge in [0.05, 0.1) is 49.3 Å². The fraction of sp³-hybridized carbons (Fsp3) is 0.829. The Morgan fingerprint density at radius 2 is 1.09 bits per heavy atom. The fourth-order valence-electron chi connectivity index (χ4n) is 8.85. The van der Waals surface area contributed by atoms with Crippen LogP contribution in [-0.4, -0.2) is 96.2 Å². The first-order chi connectivity index (χ1) is 25.9. The zero-order chi connectivity index (χ0) is 40.1. The van der Waals surface area contributed by atoms with E-state index in [9.17, 15) is 4.79 Å². The molecule has 1 N–H and O–H groups in total. The summed E-state index contributed by atoms with van der Waals surface area (Å²) in [4.78, 5) is 13.3. The molecule has 55 heavy (non-hydrogen) atoms. The molecule has 0 saturated carbocycles. The average Bonchev–Trinajstić information content (AvgIpc) is 3.14. The van der Waals surface area contributed by atoms with Gasteiger partial charge in [0.25, 0.3) is 9.70 Å². The van der Waals surface area contributed by atoms with E-state index in [1.54, 1.807) is 0 Å². The van der Waals surface area contributed by atoms with Gasteiger partial charge in [-0.1, -0.05) is 114 Å². The topological polar surface area (TPSA) is 112 Å². The van der Waals surface area contributed by atoms with Gasteiger partial charge in [-0.05, 0) is 51.4 Å². The number of ether oxygens (including phenoxy) is 9. The Labute approximate surface area is 342 Å². The number of nitrogens with one attached hydrogen (secondary N) is 1. The maximum Gasteiger partial charge on any atom is 0.272 e. The first-order valence-corrected chi connectivity index (χ1v) is 21.3. The molecule has 11 nitrogen and oxygen atoms in total. The van der Waals surface area contributed by atoms with Crippen LogP contribution in [0.3, 0.4) is 0 Å². The van der Waals surface area contributed by atoms with E-state index in [-0.39, 0.29) is 78.6 Å². The number of carbonyl (C=O) groups is 1. The van der Waals surface area contributed by atoms with Crippen LogP contribution in [0.2, 0.25) is 0 Å². The van der Waals surface area contributed by atoms with E-state index in [4.69, 9.17) is 77.4 Å². The molecule has 5 aliphatic rings. The molecule has 0 spiro atoms. The number of alkyl halides is 3. The van der Waals surface area contributed by atoms with Crippen LogP contribution in [0.1, 0.15) is 88.0 Å². The quantitative estimate of drug-likeness (QED) is 0.263. The zero-order valence-corrected chi connectivity index (χ0v) is 36.2. The average molecular weight is 835 g/mol. The van der Waals surface area contributed by atoms with Crippen molar-refractivity contribution in [2.45, 2.75) is 166 Å². The number of carbonyl (C=O) groups excluding carboxylic acids is 1. The molecular formula is C41H62Cl3NO10. The predicted molar refractivity (Wildman–Crippen MR) is 208 cm³/mol. The summed E-state index contributed by atoms with van der Waals surface area (Å²) < 4.78 is 57.6. The van der Waals surface area contributed by atoms with Crippen LogP contribution in [0.5, 0.6) is 0 Å². The maximum atomic E-state index is 13.3. The Bertz CT molecular complexity index is 1410. The lowest BCUT2D eigenvalue weighted by molar-refractivity contribution is -0.384. The van der Waals surface area contributed by atoms with Crippen LogP contribution < -0.4 is 5.32 Å². The highest BCUT2D eigenvalue weighted by Crippen LogP contribution is 2.44. The second-order valence-corrected chi connectivity index (χ2v) is 19.3. The number of rotatable bonds is 8. The number of halogens is 3. The molecule has 1 aromatic carbocycles. The van der Waals surface area contributed by atoms with Crippen molar-refractivity contribution in [1.29, 1.82) is 0 Å². The summed E-state index contributed by atoms with van der Waals surface area (Å²) >= 11 is 18.3. The number of amides is 1. The largest absolute Gasteiger partial charge is 0.375 e. The lowest BCUT2D eigenvalue weighted by Crippen LogP contribution is -2.66. The third-order valence-corrected chi connectivity index (χ3v) is 14.1. The van der Waals surface area contributed by atoms with Crippen LogP contribution in [0.4, 0.5) is 0 Å². The number of benzene rings is 1. The molecule has 0 radical (unpaired) electrons. The van der Waals surface area contributed by atoms with Crippen molar-refractivity contribution in [2.75, 3.05) is 6.61 Å². The van der Waals surface area contributed by atoms with E-state index in [0.717, 1.165) is 5.56 Å². The monoisotopic (exact) mass is 833 g/mol. The van der Waals surface area contributed by atoms with Crippen LogP contribution in [0.25, 0.3) is 0 Å². The van der Waals surface area contributed by atoms with Crippen molar-refractivity contribution in [3.63, 3.8) is 0 Å². The smallest absolute Gasteiger partial charge is 0.272 e. The molecule has 5 saturated heterocycles. The summed E-state index contributed by atoms with van der Waals surface area (Å²) in [6.07, 6.45) is -5.38. The highest BCUT2D eigenvalue weighted by molar-refractivity contribution is 6.76. The lowest BCUT2D eigenvalue weighted by Gasteiger charge is -2.52. The molecule has 5 heterocycles. The Hall–Kier alpha value is -0.800. The molecule has 0 aliphatic carbocycles. The molecule has 6 rings (SSSR count). The van der Waals surface area contributed by atoms with E-state index in [0.29, 0.717) is 0 Å². The van der Waals surface area contributed by atoms with Crippen LogP contribution in [0, 0.1) is 41.4 Å². The van der Waals surface area contributed by atoms with Gasteiger partial charge in [0.15, 0.2) is 25.2 Å². The van der Waals surface area contributed by atoms with Crippen molar-refractivity contribution in [3.05, 3.63) is 35.9 Å². The number of fused-ring (bicyclic) bond motifs is 1. The Morgan fingerprint density at radius 3 is 1.62 bits per heavy atom. The van der Waals surface area contributed by atoms with E-state index in [2.05, 4.69) is 74.6 Å². The van der Waals surface area contributed by atoms with Gasteiger partial charge in [0.1, 0.15) is 18.3 Å². The van der Waals surface area contributed by atoms with Crippen molar-refractivity contribution in [3.8, 4) is 0 Å². The minimum Gasteiger partial charge on any atom is -0.375 e. The Morgan fingerprint density at radius 1 is 0.600 bits per heavy atom. The molecule has 21 atom stereocenters. The molecule has 0 bridgehead atoms. The van der Waals surface area contributed by atoms with Gasteiger partial charge < -0.3 is 47.9 Å². The maximum absolute atomic E-state index is 13.3. The van der Waals surface area contributed by atoms with Crippen LogP contribution >= 0.6 is 34.8 Å². The van der Waals surface area contributed by atoms with Gasteiger partial charge >= 0.3 is 0 Å². The first-order valence-electron chi connectivity index (χ1n) is 20.1. The molecular weight excluding hydrogens is 773 g/mol. The van der Waals surface area contributed by atoms with E-state index in [1.807, 2.05) is 37.3 Å². The fourth-order valence-corrected chi connectivity index (χ4v) is 9.02. The van der Waals surface area contributed by atoms with Gasteiger partial charge in [-0.15, -0.1) is 0 Å². The van der Waals surface area contributed by atoms with E-state index >= 15 is 0 Å². The van der Waals surface area contributed by atoms with Crippen molar-refractivity contribution in [2.24, 2.45) is 41.4 Å². The van der Waals surface area contributed by atoms with Gasteiger partial charge in [-0.3, -0.25) is 4.79 Å². The zero-order valence-electron chi connectivity index (χ0n) is 33.9. The van der Waals surface area contributed by atoms with E-state index in [1.165, 1.54) is 0 Å². The summed E-state index contributed by atoms with van der Waals surface area (Å²) in [6.45, 7) is 23.5. The molecule has 1 amide bonds. The second kappa shape index (κ2) is 17.8. The van der Waals surface area contributed by atoms with Gasteiger partial charge in [-0.25, -0.2) is 0 Å². The minimum absolute atomic E-state index is 0.0345. The van der Waals surface area contributed by atoms with Crippen LogP contribution in [0.15, 0.2) is 30.3 Å². The summed E-state index contributed by atoms with van der Waals surface area (Å²) in [6, 6.07) is 8.92. The molecule has 5 aliphatic heterocycles. The molecule has 1 aromatic rings. The predicted octanol–water partition coefficient (Wildman–Crippen LogP) is 7.59. The molecule has 5 fully saturated rings. The third-order valence-electron chi connectivity index (χ3n) is 13.6. The summed E-state index contributed by atoms with van der Waals surface area (Å²) in [5.74, 6) is -0.568. The SMILES string of the molecule is CC1O[C@@H](C)C(C)C(O[C@@H]2OC(C)[C@H](C)[C@H](C)C2O[C@@H]2OC(C)[C@H](C)[C@H](C)C2O[C@@H]2OC3COC(c4ccccc4)O[C@H]3[C@H](C)C2NC(=O)C(Cl)(Cl)Cl)[C@H]1C. The van der Waals surface area contributed by atoms with Crippen molar-refractivity contribution >= 4 is 40.7 Å².